The van der Waals surface area contributed by atoms with Crippen LogP contribution in [0.15, 0.2) is 176 Å². The molecule has 1 aromatic heterocycles. The summed E-state index contributed by atoms with van der Waals surface area (Å²) in [5.74, 6) is 1.92. The van der Waals surface area contributed by atoms with Crippen molar-refractivity contribution in [3.63, 3.8) is 0 Å². The third kappa shape index (κ3) is 5.47. The zero-order valence-electron chi connectivity index (χ0n) is 25.1. The topological polar surface area (TPSA) is 38.7 Å². The van der Waals surface area contributed by atoms with Crippen molar-refractivity contribution in [1.82, 2.24) is 15.0 Å². The van der Waals surface area contributed by atoms with Crippen LogP contribution in [0.3, 0.4) is 0 Å². The summed E-state index contributed by atoms with van der Waals surface area (Å²) in [6.07, 6.45) is 0. The van der Waals surface area contributed by atoms with Gasteiger partial charge in [-0.2, -0.15) is 0 Å². The number of rotatable bonds is 6. The Kier molecular flexibility index (Phi) is 7.18. The molecule has 0 saturated carbocycles. The molecule has 0 atom stereocenters. The first kappa shape index (κ1) is 27.4. The summed E-state index contributed by atoms with van der Waals surface area (Å²) >= 11 is 0. The smallest absolute Gasteiger partial charge is 0.164 e. The molecule has 8 rings (SSSR count). The average Bonchev–Trinajstić information content (AvgIpc) is 3.15. The number of benzene rings is 7. The summed E-state index contributed by atoms with van der Waals surface area (Å²) in [6, 6.07) is 61.1. The Labute approximate surface area is 268 Å². The molecule has 0 fully saturated rings. The van der Waals surface area contributed by atoms with Crippen molar-refractivity contribution in [3.8, 4) is 67.5 Å². The van der Waals surface area contributed by atoms with Gasteiger partial charge in [-0.05, 0) is 50.2 Å². The molecule has 0 radical (unpaired) electrons. The van der Waals surface area contributed by atoms with E-state index in [1.165, 1.54) is 21.9 Å². The lowest BCUT2D eigenvalue weighted by Gasteiger charge is -2.13. The van der Waals surface area contributed by atoms with Gasteiger partial charge in [0, 0.05) is 16.7 Å². The predicted octanol–water partition coefficient (Wildman–Crippen LogP) is 11.0. The minimum absolute atomic E-state index is 0.639. The molecule has 0 unspecified atom stereocenters. The maximum atomic E-state index is 5.09. The fourth-order valence-corrected chi connectivity index (χ4v) is 5.93. The van der Waals surface area contributed by atoms with E-state index in [9.17, 15) is 0 Å². The summed E-state index contributed by atoms with van der Waals surface area (Å²) in [5.41, 5.74) is 9.69. The van der Waals surface area contributed by atoms with Gasteiger partial charge in [0.2, 0.25) is 0 Å². The van der Waals surface area contributed by atoms with E-state index >= 15 is 0 Å². The Morgan fingerprint density at radius 1 is 0.239 bits per heavy atom. The van der Waals surface area contributed by atoms with Crippen molar-refractivity contribution in [2.24, 2.45) is 0 Å². The first-order valence-electron chi connectivity index (χ1n) is 15.4. The maximum absolute atomic E-state index is 5.09. The lowest BCUT2D eigenvalue weighted by molar-refractivity contribution is 1.07. The largest absolute Gasteiger partial charge is 0.208 e. The van der Waals surface area contributed by atoms with Crippen LogP contribution in [0, 0.1) is 0 Å². The fourth-order valence-electron chi connectivity index (χ4n) is 5.93. The fraction of sp³-hybridized carbons (Fsp3) is 0. The van der Waals surface area contributed by atoms with E-state index in [0.717, 1.165) is 38.9 Å². The zero-order chi connectivity index (χ0) is 30.7. The molecule has 7 aromatic carbocycles. The normalized spacial score (nSPS) is 11.0. The molecule has 0 aliphatic carbocycles. The highest BCUT2D eigenvalue weighted by Gasteiger charge is 2.16. The van der Waals surface area contributed by atoms with E-state index in [2.05, 4.69) is 158 Å². The van der Waals surface area contributed by atoms with Gasteiger partial charge in [-0.15, -0.1) is 0 Å². The minimum atomic E-state index is 0.639. The maximum Gasteiger partial charge on any atom is 0.164 e. The van der Waals surface area contributed by atoms with Gasteiger partial charge in [0.25, 0.3) is 0 Å². The highest BCUT2D eigenvalue weighted by atomic mass is 15.0. The van der Waals surface area contributed by atoms with Crippen molar-refractivity contribution in [2.45, 2.75) is 0 Å². The molecular formula is C43H29N3. The van der Waals surface area contributed by atoms with Gasteiger partial charge in [-0.25, -0.2) is 15.0 Å². The Bertz CT molecular complexity index is 2170. The van der Waals surface area contributed by atoms with E-state index in [1.54, 1.807) is 0 Å². The van der Waals surface area contributed by atoms with Gasteiger partial charge in [-0.3, -0.25) is 0 Å². The van der Waals surface area contributed by atoms with Crippen LogP contribution in [-0.4, -0.2) is 15.0 Å². The van der Waals surface area contributed by atoms with Gasteiger partial charge < -0.3 is 0 Å². The predicted molar refractivity (Wildman–Crippen MR) is 190 cm³/mol. The van der Waals surface area contributed by atoms with Crippen molar-refractivity contribution in [1.29, 1.82) is 0 Å². The van der Waals surface area contributed by atoms with E-state index in [1.807, 2.05) is 18.2 Å². The molecule has 46 heavy (non-hydrogen) atoms. The molecule has 0 aliphatic rings. The Balaban J connectivity index is 1.26. The van der Waals surface area contributed by atoms with Crippen LogP contribution in [0.1, 0.15) is 0 Å². The van der Waals surface area contributed by atoms with Crippen LogP contribution in [0.4, 0.5) is 0 Å². The highest BCUT2D eigenvalue weighted by Crippen LogP contribution is 2.34. The van der Waals surface area contributed by atoms with Crippen LogP contribution in [0.25, 0.3) is 78.3 Å². The summed E-state index contributed by atoms with van der Waals surface area (Å²) in [5, 5.41) is 2.41. The van der Waals surface area contributed by atoms with E-state index in [0.29, 0.717) is 17.5 Å². The lowest BCUT2D eigenvalue weighted by atomic mass is 9.96. The summed E-state index contributed by atoms with van der Waals surface area (Å²) in [7, 11) is 0. The quantitative estimate of drug-likeness (QED) is 0.194. The number of aromatic nitrogens is 3. The number of fused-ring (bicyclic) bond motifs is 1. The second kappa shape index (κ2) is 12.1. The van der Waals surface area contributed by atoms with Crippen molar-refractivity contribution < 1.29 is 0 Å². The number of hydrogen-bond donors (Lipinski definition) is 0. The summed E-state index contributed by atoms with van der Waals surface area (Å²) in [4.78, 5) is 15.2. The molecule has 0 spiro atoms. The molecule has 216 valence electrons. The van der Waals surface area contributed by atoms with E-state index in [-0.39, 0.29) is 0 Å². The van der Waals surface area contributed by atoms with Crippen LogP contribution in [0.2, 0.25) is 0 Å². The molecule has 0 saturated heterocycles. The molecule has 3 nitrogen and oxygen atoms in total. The van der Waals surface area contributed by atoms with Crippen molar-refractivity contribution in [2.75, 3.05) is 0 Å². The van der Waals surface area contributed by atoms with Gasteiger partial charge in [0.15, 0.2) is 17.5 Å². The molecule has 0 bridgehead atoms. The van der Waals surface area contributed by atoms with Crippen molar-refractivity contribution in [3.05, 3.63) is 176 Å². The number of nitrogens with zero attached hydrogens (tertiary/aromatic N) is 3. The van der Waals surface area contributed by atoms with E-state index < -0.39 is 0 Å². The Hall–Kier alpha value is -6.19. The van der Waals surface area contributed by atoms with Crippen LogP contribution >= 0.6 is 0 Å². The third-order valence-electron chi connectivity index (χ3n) is 8.36. The van der Waals surface area contributed by atoms with Crippen molar-refractivity contribution >= 4 is 10.8 Å². The SMILES string of the molecule is c1ccc(-c2ccc(-c3nc(-c4ccc(-c5ccccc5)cc4)nc(-c4ccccc4-c4ccc5ccccc5c4)n3)cc2)cc1. The third-order valence-corrected chi connectivity index (χ3v) is 8.36. The average molecular weight is 588 g/mol. The van der Waals surface area contributed by atoms with Gasteiger partial charge in [0.05, 0.1) is 0 Å². The first-order chi connectivity index (χ1) is 22.8. The highest BCUT2D eigenvalue weighted by molar-refractivity contribution is 5.90. The van der Waals surface area contributed by atoms with Gasteiger partial charge in [-0.1, -0.05) is 170 Å². The Morgan fingerprint density at radius 3 is 1.20 bits per heavy atom. The molecular weight excluding hydrogens is 558 g/mol. The minimum Gasteiger partial charge on any atom is -0.208 e. The van der Waals surface area contributed by atoms with Gasteiger partial charge >= 0.3 is 0 Å². The number of hydrogen-bond acceptors (Lipinski definition) is 3. The second-order valence-electron chi connectivity index (χ2n) is 11.3. The lowest BCUT2D eigenvalue weighted by Crippen LogP contribution is -2.01. The summed E-state index contributed by atoms with van der Waals surface area (Å²) < 4.78 is 0. The van der Waals surface area contributed by atoms with E-state index in [4.69, 9.17) is 15.0 Å². The monoisotopic (exact) mass is 587 g/mol. The zero-order valence-corrected chi connectivity index (χ0v) is 25.1. The standard InChI is InChI=1S/C43H29N3/c1-3-11-30(12-4-1)33-19-24-35(25-20-33)41-44-42(36-26-21-34(22-27-36)31-13-5-2-6-14-31)46-43(45-41)40-18-10-9-17-39(40)38-28-23-32-15-7-8-16-37(32)29-38/h1-29H. The van der Waals surface area contributed by atoms with Gasteiger partial charge in [0.1, 0.15) is 0 Å². The molecule has 1 heterocycles. The van der Waals surface area contributed by atoms with Crippen LogP contribution < -0.4 is 0 Å². The second-order valence-corrected chi connectivity index (χ2v) is 11.3. The summed E-state index contributed by atoms with van der Waals surface area (Å²) in [6.45, 7) is 0. The molecule has 0 N–H and O–H groups in total. The molecule has 3 heteroatoms. The molecule has 8 aromatic rings. The molecule has 0 aliphatic heterocycles. The van der Waals surface area contributed by atoms with Crippen LogP contribution in [0.5, 0.6) is 0 Å². The van der Waals surface area contributed by atoms with Crippen LogP contribution in [-0.2, 0) is 0 Å². The first-order valence-corrected chi connectivity index (χ1v) is 15.4. The Morgan fingerprint density at radius 2 is 0.630 bits per heavy atom. The molecule has 0 amide bonds.